The highest BCUT2D eigenvalue weighted by atomic mass is 19.4. The Morgan fingerprint density at radius 3 is 2.22 bits per heavy atom. The number of alkyl halides is 3. The quantitative estimate of drug-likeness (QED) is 0.218. The summed E-state index contributed by atoms with van der Waals surface area (Å²) in [6, 6.07) is 18.0. The molecule has 0 aliphatic heterocycles. The van der Waals surface area contributed by atoms with Crippen molar-refractivity contribution in [2.75, 3.05) is 21.3 Å². The lowest BCUT2D eigenvalue weighted by Gasteiger charge is -2.12. The van der Waals surface area contributed by atoms with E-state index in [2.05, 4.69) is 10.3 Å². The van der Waals surface area contributed by atoms with E-state index in [9.17, 15) is 18.0 Å². The minimum atomic E-state index is -4.41. The highest BCUT2D eigenvalue weighted by Gasteiger charge is 2.30. The molecule has 2 heterocycles. The minimum Gasteiger partial charge on any atom is -0.493 e. The van der Waals surface area contributed by atoms with Gasteiger partial charge >= 0.3 is 6.18 Å². The zero-order chi connectivity index (χ0) is 29.1. The summed E-state index contributed by atoms with van der Waals surface area (Å²) in [6.45, 7) is 0.175. The Morgan fingerprint density at radius 2 is 1.59 bits per heavy atom. The number of ether oxygens (including phenoxy) is 3. The van der Waals surface area contributed by atoms with Crippen molar-refractivity contribution in [3.63, 3.8) is 0 Å². The number of benzene rings is 3. The first kappa shape index (κ1) is 27.6. The van der Waals surface area contributed by atoms with E-state index in [0.717, 1.165) is 33.9 Å². The second kappa shape index (κ2) is 11.2. The Labute approximate surface area is 233 Å². The number of para-hydroxylation sites is 1. The van der Waals surface area contributed by atoms with Crippen LogP contribution in [0.3, 0.4) is 0 Å². The number of amides is 1. The summed E-state index contributed by atoms with van der Waals surface area (Å²) in [5.74, 6) is 1.07. The van der Waals surface area contributed by atoms with Crippen LogP contribution in [0.25, 0.3) is 33.6 Å². The van der Waals surface area contributed by atoms with E-state index in [4.69, 9.17) is 14.2 Å². The number of carbonyl (C=O) groups is 1. The van der Waals surface area contributed by atoms with Gasteiger partial charge in [0.15, 0.2) is 11.5 Å². The van der Waals surface area contributed by atoms with E-state index in [-0.39, 0.29) is 12.5 Å². The Kier molecular flexibility index (Phi) is 7.56. The molecule has 3 aromatic carbocycles. The number of nitrogens with one attached hydrogen (secondary N) is 1. The van der Waals surface area contributed by atoms with Gasteiger partial charge in [-0.15, -0.1) is 0 Å². The monoisotopic (exact) mass is 561 g/mol. The van der Waals surface area contributed by atoms with Crippen molar-refractivity contribution in [2.24, 2.45) is 0 Å². The fourth-order valence-electron chi connectivity index (χ4n) is 4.69. The van der Waals surface area contributed by atoms with Crippen LogP contribution in [0.15, 0.2) is 79.0 Å². The molecule has 1 amide bonds. The van der Waals surface area contributed by atoms with Gasteiger partial charge < -0.3 is 24.1 Å². The summed E-state index contributed by atoms with van der Waals surface area (Å²) in [4.78, 5) is 17.1. The van der Waals surface area contributed by atoms with Gasteiger partial charge in [-0.2, -0.15) is 13.2 Å². The molecule has 0 aliphatic carbocycles. The maximum Gasteiger partial charge on any atom is 0.416 e. The van der Waals surface area contributed by atoms with Crippen molar-refractivity contribution in [1.29, 1.82) is 0 Å². The number of carbonyl (C=O) groups excluding carboxylic acids is 1. The zero-order valence-electron chi connectivity index (χ0n) is 22.5. The number of methoxy groups -OCH3 is 3. The smallest absolute Gasteiger partial charge is 0.416 e. The maximum atomic E-state index is 13.1. The Bertz CT molecular complexity index is 1730. The predicted molar refractivity (Wildman–Crippen MR) is 151 cm³/mol. The first-order valence-corrected chi connectivity index (χ1v) is 12.5. The van der Waals surface area contributed by atoms with Crippen LogP contribution in [0.1, 0.15) is 16.8 Å². The molecule has 0 spiro atoms. The van der Waals surface area contributed by atoms with E-state index in [1.165, 1.54) is 39.5 Å². The molecule has 5 aromatic rings. The number of rotatable bonds is 8. The van der Waals surface area contributed by atoms with Crippen LogP contribution in [-0.4, -0.2) is 36.8 Å². The molecule has 0 saturated carbocycles. The molecule has 7 nitrogen and oxygen atoms in total. The highest BCUT2D eigenvalue weighted by Crippen LogP contribution is 2.38. The lowest BCUT2D eigenvalue weighted by Crippen LogP contribution is -2.20. The Morgan fingerprint density at radius 1 is 0.902 bits per heavy atom. The van der Waals surface area contributed by atoms with Gasteiger partial charge in [0, 0.05) is 22.5 Å². The molecule has 2 aromatic heterocycles. The van der Waals surface area contributed by atoms with Gasteiger partial charge in [-0.05, 0) is 60.2 Å². The van der Waals surface area contributed by atoms with E-state index >= 15 is 0 Å². The van der Waals surface area contributed by atoms with Gasteiger partial charge in [-0.25, -0.2) is 0 Å². The molecule has 5 rings (SSSR count). The molecular formula is C31H26F3N3O4. The summed E-state index contributed by atoms with van der Waals surface area (Å²) in [5.41, 5.74) is 2.76. The summed E-state index contributed by atoms with van der Waals surface area (Å²) >= 11 is 0. The molecular weight excluding hydrogens is 535 g/mol. The predicted octanol–water partition coefficient (Wildman–Crippen LogP) is 6.55. The van der Waals surface area contributed by atoms with Gasteiger partial charge in [0.25, 0.3) is 0 Å². The normalized spacial score (nSPS) is 11.8. The highest BCUT2D eigenvalue weighted by molar-refractivity contribution is 6.09. The second-order valence-corrected chi connectivity index (χ2v) is 9.10. The first-order valence-electron chi connectivity index (χ1n) is 12.5. The third kappa shape index (κ3) is 5.54. The second-order valence-electron chi connectivity index (χ2n) is 9.10. The van der Waals surface area contributed by atoms with Crippen molar-refractivity contribution in [3.05, 3.63) is 95.8 Å². The molecule has 210 valence electrons. The number of pyridine rings is 1. The topological polar surface area (TPSA) is 74.6 Å². The summed E-state index contributed by atoms with van der Waals surface area (Å²) in [5, 5.41) is 4.62. The van der Waals surface area contributed by atoms with Crippen LogP contribution in [0, 0.1) is 0 Å². The van der Waals surface area contributed by atoms with E-state index in [1.807, 2.05) is 34.9 Å². The van der Waals surface area contributed by atoms with Crippen molar-refractivity contribution in [3.8, 4) is 22.9 Å². The summed E-state index contributed by atoms with van der Waals surface area (Å²) in [6.07, 6.45) is 0.286. The fraction of sp³-hybridized carbons (Fsp3) is 0.161. The SMILES string of the molecule is COc1cc(/C=C/C(=O)NCc2cc3c4ccccc4n(-c4ccc(C(F)(F)F)cc4)c3cn2)cc(OC)c1OC. The minimum absolute atomic E-state index is 0.175. The molecule has 41 heavy (non-hydrogen) atoms. The number of fused-ring (bicyclic) bond motifs is 3. The molecule has 0 aliphatic rings. The van der Waals surface area contributed by atoms with Crippen LogP contribution < -0.4 is 19.5 Å². The molecule has 0 bridgehead atoms. The van der Waals surface area contributed by atoms with Gasteiger partial charge in [0.1, 0.15) is 0 Å². The van der Waals surface area contributed by atoms with Crippen molar-refractivity contribution >= 4 is 33.8 Å². The molecule has 1 N–H and O–H groups in total. The molecule has 0 radical (unpaired) electrons. The fourth-order valence-corrected chi connectivity index (χ4v) is 4.69. The van der Waals surface area contributed by atoms with E-state index < -0.39 is 11.7 Å². The average Bonchev–Trinajstić information content (AvgIpc) is 3.31. The van der Waals surface area contributed by atoms with Gasteiger partial charge in [-0.3, -0.25) is 9.78 Å². The number of nitrogens with zero attached hydrogens (tertiary/aromatic N) is 2. The van der Waals surface area contributed by atoms with Gasteiger partial charge in [0.2, 0.25) is 11.7 Å². The molecule has 0 unspecified atom stereocenters. The Hall–Kier alpha value is -4.99. The van der Waals surface area contributed by atoms with Gasteiger partial charge in [0.05, 0.1) is 56.4 Å². The number of hydrogen-bond acceptors (Lipinski definition) is 5. The zero-order valence-corrected chi connectivity index (χ0v) is 22.5. The molecule has 10 heteroatoms. The lowest BCUT2D eigenvalue weighted by atomic mass is 10.1. The van der Waals surface area contributed by atoms with Gasteiger partial charge in [-0.1, -0.05) is 18.2 Å². The van der Waals surface area contributed by atoms with E-state index in [1.54, 1.807) is 24.4 Å². The Balaban J connectivity index is 1.38. The summed E-state index contributed by atoms with van der Waals surface area (Å²) < 4.78 is 57.2. The first-order chi connectivity index (χ1) is 19.7. The molecule has 0 saturated heterocycles. The number of halogens is 3. The van der Waals surface area contributed by atoms with Crippen LogP contribution in [-0.2, 0) is 17.5 Å². The van der Waals surface area contributed by atoms with Crippen molar-refractivity contribution < 1.29 is 32.2 Å². The van der Waals surface area contributed by atoms with Crippen LogP contribution in [0.4, 0.5) is 13.2 Å². The average molecular weight is 562 g/mol. The molecule has 0 atom stereocenters. The van der Waals surface area contributed by atoms with Crippen molar-refractivity contribution in [1.82, 2.24) is 14.9 Å². The van der Waals surface area contributed by atoms with Crippen LogP contribution in [0.5, 0.6) is 17.2 Å². The van der Waals surface area contributed by atoms with Crippen molar-refractivity contribution in [2.45, 2.75) is 12.7 Å². The van der Waals surface area contributed by atoms with E-state index in [0.29, 0.717) is 34.2 Å². The maximum absolute atomic E-state index is 13.1. The third-order valence-electron chi connectivity index (χ3n) is 6.63. The van der Waals surface area contributed by atoms with Crippen LogP contribution >= 0.6 is 0 Å². The molecule has 0 fully saturated rings. The summed E-state index contributed by atoms with van der Waals surface area (Å²) in [7, 11) is 4.55. The lowest BCUT2D eigenvalue weighted by molar-refractivity contribution is -0.137. The largest absolute Gasteiger partial charge is 0.493 e. The third-order valence-corrected chi connectivity index (χ3v) is 6.63. The number of hydrogen-bond donors (Lipinski definition) is 1. The van der Waals surface area contributed by atoms with Crippen LogP contribution in [0.2, 0.25) is 0 Å². The number of aromatic nitrogens is 2. The standard InChI is InChI=1S/C31H26F3N3O4/c1-39-27-14-19(15-28(40-2)30(27)41-3)8-13-29(38)36-17-21-16-24-23-6-4-5-7-25(23)37(26(24)18-35-21)22-11-9-20(10-12-22)31(32,33)34/h4-16,18H,17H2,1-3H3,(H,36,38)/b13-8+.